The van der Waals surface area contributed by atoms with Crippen LogP contribution in [-0.4, -0.2) is 12.5 Å². The van der Waals surface area contributed by atoms with Gasteiger partial charge in [-0.3, -0.25) is 4.79 Å². The fourth-order valence-corrected chi connectivity index (χ4v) is 2.86. The fraction of sp³-hybridized carbons (Fsp3) is 0.500. The Morgan fingerprint density at radius 1 is 1.35 bits per heavy atom. The molecule has 0 bridgehead atoms. The van der Waals surface area contributed by atoms with Gasteiger partial charge in [0.1, 0.15) is 0 Å². The Balaban J connectivity index is 1.62. The summed E-state index contributed by atoms with van der Waals surface area (Å²) in [5, 5.41) is 3.08. The van der Waals surface area contributed by atoms with E-state index in [-0.39, 0.29) is 5.91 Å². The molecule has 2 saturated carbocycles. The lowest BCUT2D eigenvalue weighted by atomic mass is 10.0. The predicted molar refractivity (Wildman–Crippen MR) is 70.4 cm³/mol. The number of hydrogen-bond donors (Lipinski definition) is 2. The maximum Gasteiger partial charge on any atom is 0.252 e. The Kier molecular flexibility index (Phi) is 2.66. The summed E-state index contributed by atoms with van der Waals surface area (Å²) in [7, 11) is 0. The molecule has 3 rings (SSSR count). The molecule has 0 heterocycles. The summed E-state index contributed by atoms with van der Waals surface area (Å²) in [6.45, 7) is 0.846. The van der Waals surface area contributed by atoms with Gasteiger partial charge in [0, 0.05) is 11.4 Å². The van der Waals surface area contributed by atoms with Crippen molar-refractivity contribution in [3.05, 3.63) is 29.8 Å². The van der Waals surface area contributed by atoms with Crippen molar-refractivity contribution in [2.75, 3.05) is 6.54 Å². The summed E-state index contributed by atoms with van der Waals surface area (Å²) < 4.78 is 0. The summed E-state index contributed by atoms with van der Waals surface area (Å²) in [6.07, 6.45) is 5.30. The van der Waals surface area contributed by atoms with Crippen molar-refractivity contribution < 1.29 is 4.79 Å². The molecule has 17 heavy (non-hydrogen) atoms. The van der Waals surface area contributed by atoms with Crippen LogP contribution in [0.15, 0.2) is 29.2 Å². The molecule has 0 unspecified atom stereocenters. The molecule has 0 radical (unpaired) electrons. The largest absolute Gasteiger partial charge is 0.351 e. The summed E-state index contributed by atoms with van der Waals surface area (Å²) in [4.78, 5) is 12.8. The molecule has 1 amide bonds. The predicted octanol–water partition coefficient (Wildman–Crippen LogP) is 2.90. The van der Waals surface area contributed by atoms with Gasteiger partial charge in [0.25, 0.3) is 5.91 Å². The van der Waals surface area contributed by atoms with Crippen molar-refractivity contribution in [1.82, 2.24) is 5.32 Å². The number of nitrogens with one attached hydrogen (secondary N) is 1. The number of carbonyl (C=O) groups is 1. The number of rotatable bonds is 4. The van der Waals surface area contributed by atoms with Crippen LogP contribution in [-0.2, 0) is 0 Å². The summed E-state index contributed by atoms with van der Waals surface area (Å²) in [5.41, 5.74) is 1.14. The summed E-state index contributed by atoms with van der Waals surface area (Å²) in [5.74, 6) is 0.900. The molecule has 1 aromatic rings. The van der Waals surface area contributed by atoms with Crippen LogP contribution < -0.4 is 5.32 Å². The number of thiol groups is 1. The lowest BCUT2D eigenvalue weighted by Gasteiger charge is -2.15. The van der Waals surface area contributed by atoms with Gasteiger partial charge in [-0.15, -0.1) is 12.6 Å². The molecule has 2 aliphatic carbocycles. The highest BCUT2D eigenvalue weighted by Crippen LogP contribution is 2.60. The standard InChI is InChI=1S/C14H17NOS/c16-13(11-3-1-2-4-12(11)17)15-9-14(7-8-14)10-5-6-10/h1-4,10,17H,5-9H2,(H,15,16). The molecular weight excluding hydrogens is 230 g/mol. The second-order valence-electron chi connectivity index (χ2n) is 5.34. The maximum atomic E-state index is 12.0. The molecule has 3 heteroatoms. The molecule has 90 valence electrons. The minimum absolute atomic E-state index is 0.0162. The molecule has 1 aromatic carbocycles. The Bertz CT molecular complexity index is 449. The average Bonchev–Trinajstić information content (AvgIpc) is 3.17. The van der Waals surface area contributed by atoms with Crippen molar-refractivity contribution in [3.8, 4) is 0 Å². The van der Waals surface area contributed by atoms with Crippen molar-refractivity contribution in [2.24, 2.45) is 11.3 Å². The first-order chi connectivity index (χ1) is 8.21. The number of benzene rings is 1. The normalized spacial score (nSPS) is 21.0. The third kappa shape index (κ3) is 2.21. The van der Waals surface area contributed by atoms with E-state index in [4.69, 9.17) is 0 Å². The zero-order valence-corrected chi connectivity index (χ0v) is 10.7. The van der Waals surface area contributed by atoms with E-state index >= 15 is 0 Å². The smallest absolute Gasteiger partial charge is 0.252 e. The van der Waals surface area contributed by atoms with E-state index in [9.17, 15) is 4.79 Å². The third-order valence-electron chi connectivity index (χ3n) is 4.09. The molecule has 2 nitrogen and oxygen atoms in total. The van der Waals surface area contributed by atoms with E-state index < -0.39 is 0 Å². The molecular formula is C14H17NOS. The Morgan fingerprint density at radius 2 is 2.06 bits per heavy atom. The van der Waals surface area contributed by atoms with Gasteiger partial charge in [0.05, 0.1) is 5.56 Å². The van der Waals surface area contributed by atoms with Crippen LogP contribution in [0.3, 0.4) is 0 Å². The van der Waals surface area contributed by atoms with Gasteiger partial charge in [0.2, 0.25) is 0 Å². The molecule has 1 N–H and O–H groups in total. The van der Waals surface area contributed by atoms with E-state index in [1.54, 1.807) is 0 Å². The monoisotopic (exact) mass is 247 g/mol. The summed E-state index contributed by atoms with van der Waals surface area (Å²) in [6, 6.07) is 7.45. The van der Waals surface area contributed by atoms with E-state index in [0.717, 1.165) is 17.4 Å². The molecule has 2 aliphatic rings. The van der Waals surface area contributed by atoms with E-state index in [1.165, 1.54) is 25.7 Å². The van der Waals surface area contributed by atoms with Crippen LogP contribution in [0.4, 0.5) is 0 Å². The third-order valence-corrected chi connectivity index (χ3v) is 4.48. The lowest BCUT2D eigenvalue weighted by Crippen LogP contribution is -2.31. The van der Waals surface area contributed by atoms with E-state index in [0.29, 0.717) is 11.0 Å². The lowest BCUT2D eigenvalue weighted by molar-refractivity contribution is 0.0940. The fourth-order valence-electron chi connectivity index (χ4n) is 2.60. The Morgan fingerprint density at radius 3 is 2.65 bits per heavy atom. The Labute approximate surface area is 107 Å². The van der Waals surface area contributed by atoms with Gasteiger partial charge in [0.15, 0.2) is 0 Å². The average molecular weight is 247 g/mol. The number of hydrogen-bond acceptors (Lipinski definition) is 2. The van der Waals surface area contributed by atoms with Gasteiger partial charge >= 0.3 is 0 Å². The SMILES string of the molecule is O=C(NCC1(C2CC2)CC1)c1ccccc1S. The molecule has 0 aromatic heterocycles. The zero-order valence-electron chi connectivity index (χ0n) is 9.78. The van der Waals surface area contributed by atoms with E-state index in [1.807, 2.05) is 24.3 Å². The molecule has 2 fully saturated rings. The molecule has 0 spiro atoms. The highest BCUT2D eigenvalue weighted by atomic mass is 32.1. The highest BCUT2D eigenvalue weighted by molar-refractivity contribution is 7.80. The minimum Gasteiger partial charge on any atom is -0.351 e. The van der Waals surface area contributed by atoms with Crippen molar-refractivity contribution in [3.63, 3.8) is 0 Å². The first-order valence-corrected chi connectivity index (χ1v) is 6.72. The molecule has 0 saturated heterocycles. The topological polar surface area (TPSA) is 29.1 Å². The molecule has 0 atom stereocenters. The van der Waals surface area contributed by atoms with Gasteiger partial charge in [-0.05, 0) is 49.1 Å². The molecule has 0 aliphatic heterocycles. The van der Waals surface area contributed by atoms with Gasteiger partial charge in [-0.25, -0.2) is 0 Å². The number of amides is 1. The minimum atomic E-state index is 0.0162. The second-order valence-corrected chi connectivity index (χ2v) is 5.82. The van der Waals surface area contributed by atoms with Crippen LogP contribution in [0.5, 0.6) is 0 Å². The quantitative estimate of drug-likeness (QED) is 0.787. The Hall–Kier alpha value is -0.960. The van der Waals surface area contributed by atoms with Crippen molar-refractivity contribution >= 4 is 18.5 Å². The van der Waals surface area contributed by atoms with Crippen LogP contribution >= 0.6 is 12.6 Å². The maximum absolute atomic E-state index is 12.0. The van der Waals surface area contributed by atoms with Crippen molar-refractivity contribution in [1.29, 1.82) is 0 Å². The number of carbonyl (C=O) groups excluding carboxylic acids is 1. The van der Waals surface area contributed by atoms with Gasteiger partial charge in [-0.1, -0.05) is 12.1 Å². The van der Waals surface area contributed by atoms with Gasteiger partial charge in [-0.2, -0.15) is 0 Å². The second kappa shape index (κ2) is 4.05. The first-order valence-electron chi connectivity index (χ1n) is 6.27. The summed E-state index contributed by atoms with van der Waals surface area (Å²) >= 11 is 4.31. The van der Waals surface area contributed by atoms with Crippen molar-refractivity contribution in [2.45, 2.75) is 30.6 Å². The highest BCUT2D eigenvalue weighted by Gasteiger charge is 2.53. The van der Waals surface area contributed by atoms with Crippen LogP contribution in [0.2, 0.25) is 0 Å². The van der Waals surface area contributed by atoms with Crippen LogP contribution in [0, 0.1) is 11.3 Å². The zero-order chi connectivity index (χ0) is 11.9. The van der Waals surface area contributed by atoms with Crippen LogP contribution in [0.25, 0.3) is 0 Å². The van der Waals surface area contributed by atoms with Crippen LogP contribution in [0.1, 0.15) is 36.0 Å². The van der Waals surface area contributed by atoms with Gasteiger partial charge < -0.3 is 5.32 Å². The first kappa shape index (κ1) is 11.1. The van der Waals surface area contributed by atoms with E-state index in [2.05, 4.69) is 17.9 Å².